The van der Waals surface area contributed by atoms with Gasteiger partial charge in [0.15, 0.2) is 0 Å². The summed E-state index contributed by atoms with van der Waals surface area (Å²) in [5.74, 6) is 0.964. The van der Waals surface area contributed by atoms with Crippen molar-refractivity contribution in [2.24, 2.45) is 0 Å². The van der Waals surface area contributed by atoms with Crippen molar-refractivity contribution in [3.8, 4) is 11.1 Å². The number of carbonyl (C=O) groups excluding carboxylic acids is 1. The Kier molecular flexibility index (Phi) is 4.10. The van der Waals surface area contributed by atoms with Crippen LogP contribution in [0, 0.1) is 6.92 Å². The summed E-state index contributed by atoms with van der Waals surface area (Å²) in [5.41, 5.74) is 5.31. The minimum Gasteiger partial charge on any atom is -0.353 e. The van der Waals surface area contributed by atoms with Crippen LogP contribution in [0.3, 0.4) is 0 Å². The molecule has 0 spiro atoms. The normalized spacial score (nSPS) is 14.7. The van der Waals surface area contributed by atoms with E-state index in [0.29, 0.717) is 0 Å². The Morgan fingerprint density at radius 1 is 1.07 bits per heavy atom. The van der Waals surface area contributed by atoms with Crippen LogP contribution in [-0.2, 0) is 4.79 Å². The van der Waals surface area contributed by atoms with Gasteiger partial charge >= 0.3 is 0 Å². The number of pyridine rings is 1. The molecule has 1 fully saturated rings. The maximum absolute atomic E-state index is 11.8. The Labute approximate surface area is 163 Å². The third-order valence-corrected chi connectivity index (χ3v) is 5.52. The molecule has 2 aromatic carbocycles. The number of aryl methyl sites for hydroxylation is 1. The summed E-state index contributed by atoms with van der Waals surface area (Å²) in [6.07, 6.45) is 2.73. The summed E-state index contributed by atoms with van der Waals surface area (Å²) >= 11 is 0. The van der Waals surface area contributed by atoms with E-state index in [-0.39, 0.29) is 0 Å². The summed E-state index contributed by atoms with van der Waals surface area (Å²) in [6, 6.07) is 16.7. The van der Waals surface area contributed by atoms with Crippen LogP contribution in [0.1, 0.15) is 5.56 Å². The predicted molar refractivity (Wildman–Crippen MR) is 115 cm³/mol. The SMILES string of the molecule is Cc1cccc(-c2cccc3nc(N4CCNCC4)c4ccn(C=O)c4c23)c1. The number of anilines is 1. The third kappa shape index (κ3) is 2.67. The molecule has 4 aromatic rings. The third-order valence-electron chi connectivity index (χ3n) is 5.52. The molecule has 0 unspecified atom stereocenters. The van der Waals surface area contributed by atoms with Gasteiger partial charge in [-0.2, -0.15) is 0 Å². The first-order valence-electron chi connectivity index (χ1n) is 9.67. The van der Waals surface area contributed by atoms with E-state index in [4.69, 9.17) is 4.98 Å². The molecular formula is C23H22N4O. The Hall–Kier alpha value is -3.18. The molecule has 1 aliphatic rings. The lowest BCUT2D eigenvalue weighted by Gasteiger charge is -2.29. The fraction of sp³-hybridized carbons (Fsp3) is 0.217. The zero-order valence-electron chi connectivity index (χ0n) is 15.9. The fourth-order valence-electron chi connectivity index (χ4n) is 4.21. The maximum Gasteiger partial charge on any atom is 0.218 e. The number of piperazine rings is 1. The van der Waals surface area contributed by atoms with E-state index in [9.17, 15) is 4.79 Å². The first-order valence-corrected chi connectivity index (χ1v) is 9.67. The van der Waals surface area contributed by atoms with Gasteiger partial charge in [-0.05, 0) is 30.2 Å². The van der Waals surface area contributed by atoms with Crippen LogP contribution in [0.25, 0.3) is 32.9 Å². The first kappa shape index (κ1) is 17.0. The van der Waals surface area contributed by atoms with Crippen LogP contribution >= 0.6 is 0 Å². The molecule has 1 aliphatic heterocycles. The lowest BCUT2D eigenvalue weighted by molar-refractivity contribution is 0.549. The van der Waals surface area contributed by atoms with Crippen molar-refractivity contribution < 1.29 is 4.79 Å². The van der Waals surface area contributed by atoms with E-state index in [1.807, 2.05) is 18.3 Å². The molecule has 1 saturated heterocycles. The highest BCUT2D eigenvalue weighted by molar-refractivity contribution is 6.16. The molecule has 3 heterocycles. The number of nitrogens with one attached hydrogen (secondary N) is 1. The monoisotopic (exact) mass is 370 g/mol. The van der Waals surface area contributed by atoms with Gasteiger partial charge in [0.25, 0.3) is 0 Å². The molecule has 0 bridgehead atoms. The van der Waals surface area contributed by atoms with Gasteiger partial charge in [0.1, 0.15) is 5.82 Å². The number of benzene rings is 2. The van der Waals surface area contributed by atoms with Gasteiger partial charge < -0.3 is 10.2 Å². The lowest BCUT2D eigenvalue weighted by Crippen LogP contribution is -2.44. The second-order valence-corrected chi connectivity index (χ2v) is 7.33. The summed E-state index contributed by atoms with van der Waals surface area (Å²) in [5, 5.41) is 5.45. The highest BCUT2D eigenvalue weighted by atomic mass is 16.1. The van der Waals surface area contributed by atoms with Crippen LogP contribution in [0.15, 0.2) is 54.7 Å². The maximum atomic E-state index is 11.8. The average Bonchev–Trinajstić information content (AvgIpc) is 3.17. The molecule has 5 heteroatoms. The summed E-state index contributed by atoms with van der Waals surface area (Å²) in [7, 11) is 0. The van der Waals surface area contributed by atoms with Crippen molar-refractivity contribution in [2.75, 3.05) is 31.1 Å². The van der Waals surface area contributed by atoms with E-state index in [1.165, 1.54) is 5.56 Å². The summed E-state index contributed by atoms with van der Waals surface area (Å²) < 4.78 is 1.68. The van der Waals surface area contributed by atoms with E-state index in [2.05, 4.69) is 53.5 Å². The van der Waals surface area contributed by atoms with E-state index >= 15 is 0 Å². The molecule has 0 atom stereocenters. The van der Waals surface area contributed by atoms with Crippen LogP contribution in [0.5, 0.6) is 0 Å². The van der Waals surface area contributed by atoms with Crippen molar-refractivity contribution in [3.05, 3.63) is 60.3 Å². The van der Waals surface area contributed by atoms with Gasteiger partial charge in [0, 0.05) is 43.1 Å². The molecule has 5 rings (SSSR count). The number of carbonyl (C=O) groups is 1. The number of nitrogens with zero attached hydrogens (tertiary/aromatic N) is 3. The van der Waals surface area contributed by atoms with Gasteiger partial charge in [-0.25, -0.2) is 4.98 Å². The van der Waals surface area contributed by atoms with Crippen LogP contribution in [0.2, 0.25) is 0 Å². The minimum absolute atomic E-state index is 0.885. The Morgan fingerprint density at radius 3 is 2.68 bits per heavy atom. The molecule has 0 radical (unpaired) electrons. The number of rotatable bonds is 3. The standard InChI is InChI=1S/C23H22N4O/c1-16-4-2-5-17(14-16)18-6-3-7-20-21(18)22-19(8-11-27(22)15-28)23(25-20)26-12-9-24-10-13-26/h2-8,11,14-15,24H,9-10,12-13H2,1H3. The lowest BCUT2D eigenvalue weighted by atomic mass is 9.97. The molecule has 140 valence electrons. The van der Waals surface area contributed by atoms with Crippen LogP contribution < -0.4 is 10.2 Å². The summed E-state index contributed by atoms with van der Waals surface area (Å²) in [6.45, 7) is 5.81. The second kappa shape index (κ2) is 6.77. The molecule has 0 amide bonds. The Morgan fingerprint density at radius 2 is 1.89 bits per heavy atom. The van der Waals surface area contributed by atoms with Gasteiger partial charge in [-0.1, -0.05) is 42.0 Å². The smallest absolute Gasteiger partial charge is 0.218 e. The molecule has 0 saturated carbocycles. The molecule has 0 aliphatic carbocycles. The van der Waals surface area contributed by atoms with Crippen LogP contribution in [-0.4, -0.2) is 42.1 Å². The largest absolute Gasteiger partial charge is 0.353 e. The van der Waals surface area contributed by atoms with Gasteiger partial charge in [-0.15, -0.1) is 0 Å². The number of hydrogen-bond donors (Lipinski definition) is 1. The average molecular weight is 370 g/mol. The van der Waals surface area contributed by atoms with E-state index < -0.39 is 0 Å². The molecule has 2 aromatic heterocycles. The quantitative estimate of drug-likeness (QED) is 0.560. The molecule has 5 nitrogen and oxygen atoms in total. The van der Waals surface area contributed by atoms with E-state index in [1.54, 1.807) is 4.57 Å². The van der Waals surface area contributed by atoms with Crippen molar-refractivity contribution in [2.45, 2.75) is 6.92 Å². The second-order valence-electron chi connectivity index (χ2n) is 7.33. The number of fused-ring (bicyclic) bond motifs is 3. The number of aromatic nitrogens is 2. The molecule has 28 heavy (non-hydrogen) atoms. The van der Waals surface area contributed by atoms with Crippen molar-refractivity contribution >= 4 is 34.0 Å². The van der Waals surface area contributed by atoms with Gasteiger partial charge in [0.05, 0.1) is 11.0 Å². The first-order chi connectivity index (χ1) is 13.8. The topological polar surface area (TPSA) is 50.2 Å². The number of hydrogen-bond acceptors (Lipinski definition) is 4. The molecule has 1 N–H and O–H groups in total. The molecular weight excluding hydrogens is 348 g/mol. The fourth-order valence-corrected chi connectivity index (χ4v) is 4.21. The minimum atomic E-state index is 0.885. The summed E-state index contributed by atoms with van der Waals surface area (Å²) in [4.78, 5) is 19.2. The highest BCUT2D eigenvalue weighted by Crippen LogP contribution is 2.37. The van der Waals surface area contributed by atoms with Crippen molar-refractivity contribution in [3.63, 3.8) is 0 Å². The zero-order valence-corrected chi connectivity index (χ0v) is 15.9. The van der Waals surface area contributed by atoms with E-state index in [0.717, 1.165) is 71.3 Å². The van der Waals surface area contributed by atoms with Crippen LogP contribution in [0.4, 0.5) is 5.82 Å². The Balaban J connectivity index is 1.86. The predicted octanol–water partition coefficient (Wildman–Crippen LogP) is 3.61. The Bertz CT molecular complexity index is 1190. The highest BCUT2D eigenvalue weighted by Gasteiger charge is 2.20. The van der Waals surface area contributed by atoms with Crippen molar-refractivity contribution in [1.82, 2.24) is 14.9 Å². The zero-order chi connectivity index (χ0) is 19.1. The van der Waals surface area contributed by atoms with Gasteiger partial charge in [-0.3, -0.25) is 9.36 Å². The van der Waals surface area contributed by atoms with Gasteiger partial charge in [0.2, 0.25) is 6.41 Å². The van der Waals surface area contributed by atoms with Crippen molar-refractivity contribution in [1.29, 1.82) is 0 Å².